The number of hydrogen-bond donors (Lipinski definition) is 1. The van der Waals surface area contributed by atoms with E-state index in [0.29, 0.717) is 22.3 Å². The van der Waals surface area contributed by atoms with Crippen molar-refractivity contribution in [2.75, 3.05) is 19.0 Å². The van der Waals surface area contributed by atoms with Gasteiger partial charge in [-0.3, -0.25) is 0 Å². The van der Waals surface area contributed by atoms with E-state index < -0.39 is 12.0 Å². The molecule has 0 fully saturated rings. The zero-order valence-electron chi connectivity index (χ0n) is 16.5. The second-order valence-corrected chi connectivity index (χ2v) is 7.01. The number of carbonyl (C=O) groups is 1. The van der Waals surface area contributed by atoms with E-state index in [1.54, 1.807) is 19.0 Å². The summed E-state index contributed by atoms with van der Waals surface area (Å²) in [5.74, 6) is -0.441. The Morgan fingerprint density at radius 3 is 2.20 bits per heavy atom. The molecule has 0 saturated heterocycles. The van der Waals surface area contributed by atoms with E-state index in [2.05, 4.69) is 0 Å². The summed E-state index contributed by atoms with van der Waals surface area (Å²) < 4.78 is 19.0. The number of rotatable bonds is 4. The molecule has 150 valence electrons. The summed E-state index contributed by atoms with van der Waals surface area (Å²) in [5, 5.41) is 9.57. The monoisotopic (exact) mass is 402 g/mol. The summed E-state index contributed by atoms with van der Waals surface area (Å²) in [6, 6.07) is 21.8. The second-order valence-electron chi connectivity index (χ2n) is 7.01. The number of aromatic nitrogens is 1. The second kappa shape index (κ2) is 7.83. The minimum atomic E-state index is -1.47. The van der Waals surface area contributed by atoms with Crippen molar-refractivity contribution in [3.8, 4) is 28.1 Å². The van der Waals surface area contributed by atoms with Crippen molar-refractivity contribution in [1.82, 2.24) is 4.98 Å². The number of fused-ring (bicyclic) bond motifs is 1. The lowest BCUT2D eigenvalue weighted by Crippen LogP contribution is -2.15. The third-order valence-corrected chi connectivity index (χ3v) is 4.78. The molecule has 0 aliphatic carbocycles. The Morgan fingerprint density at radius 2 is 1.57 bits per heavy atom. The SMILES string of the molecule is CN(C)c1c(-c2ccc(-c3ccccc3)cc2)nc2ccc(F)cc2c1OC(=O)O. The van der Waals surface area contributed by atoms with Gasteiger partial charge in [0.2, 0.25) is 0 Å². The van der Waals surface area contributed by atoms with Crippen molar-refractivity contribution in [2.45, 2.75) is 0 Å². The molecular formula is C24H19FN2O3. The van der Waals surface area contributed by atoms with Gasteiger partial charge in [-0.1, -0.05) is 54.6 Å². The van der Waals surface area contributed by atoms with Gasteiger partial charge in [0, 0.05) is 25.0 Å². The maximum atomic E-state index is 13.9. The third-order valence-electron chi connectivity index (χ3n) is 4.78. The van der Waals surface area contributed by atoms with Gasteiger partial charge in [0.1, 0.15) is 11.5 Å². The number of anilines is 1. The molecule has 0 unspecified atom stereocenters. The first-order chi connectivity index (χ1) is 14.4. The molecule has 5 nitrogen and oxygen atoms in total. The molecule has 1 heterocycles. The van der Waals surface area contributed by atoms with Crippen molar-refractivity contribution >= 4 is 22.7 Å². The van der Waals surface area contributed by atoms with Crippen LogP contribution in [0.1, 0.15) is 0 Å². The topological polar surface area (TPSA) is 62.7 Å². The number of ether oxygens (including phenoxy) is 1. The summed E-state index contributed by atoms with van der Waals surface area (Å²) in [6.07, 6.45) is -1.47. The first kappa shape index (κ1) is 19.4. The molecule has 30 heavy (non-hydrogen) atoms. The lowest BCUT2D eigenvalue weighted by molar-refractivity contribution is 0.145. The van der Waals surface area contributed by atoms with Crippen LogP contribution in [0.5, 0.6) is 5.75 Å². The Bertz CT molecular complexity index is 1220. The predicted octanol–water partition coefficient (Wildman–Crippen LogP) is 5.83. The summed E-state index contributed by atoms with van der Waals surface area (Å²) in [5.41, 5.74) is 4.39. The van der Waals surface area contributed by atoms with Gasteiger partial charge in [-0.25, -0.2) is 14.2 Å². The van der Waals surface area contributed by atoms with Crippen LogP contribution in [0.15, 0.2) is 72.8 Å². The van der Waals surface area contributed by atoms with E-state index in [1.165, 1.54) is 18.2 Å². The number of benzene rings is 3. The van der Waals surface area contributed by atoms with Crippen LogP contribution in [0.25, 0.3) is 33.3 Å². The normalized spacial score (nSPS) is 10.8. The van der Waals surface area contributed by atoms with E-state index in [-0.39, 0.29) is 5.75 Å². The third kappa shape index (κ3) is 3.67. The van der Waals surface area contributed by atoms with Gasteiger partial charge < -0.3 is 14.7 Å². The molecule has 6 heteroatoms. The fraction of sp³-hybridized carbons (Fsp3) is 0.0833. The van der Waals surface area contributed by atoms with Crippen LogP contribution in [0.2, 0.25) is 0 Å². The van der Waals surface area contributed by atoms with Crippen LogP contribution >= 0.6 is 0 Å². The minimum Gasteiger partial charge on any atom is -0.449 e. The number of carboxylic acid groups (broad SMARTS) is 1. The molecule has 4 aromatic rings. The van der Waals surface area contributed by atoms with Crippen LogP contribution in [-0.4, -0.2) is 30.3 Å². The fourth-order valence-corrected chi connectivity index (χ4v) is 3.45. The Morgan fingerprint density at radius 1 is 0.933 bits per heavy atom. The van der Waals surface area contributed by atoms with Gasteiger partial charge in [-0.15, -0.1) is 0 Å². The molecule has 0 spiro atoms. The molecule has 1 N–H and O–H groups in total. The Hall–Kier alpha value is -3.93. The zero-order chi connectivity index (χ0) is 21.3. The molecule has 3 aromatic carbocycles. The van der Waals surface area contributed by atoms with Crippen molar-refractivity contribution in [3.05, 3.63) is 78.6 Å². The molecule has 0 amide bonds. The predicted molar refractivity (Wildman–Crippen MR) is 116 cm³/mol. The minimum absolute atomic E-state index is 0.0548. The summed E-state index contributed by atoms with van der Waals surface area (Å²) in [4.78, 5) is 17.8. The summed E-state index contributed by atoms with van der Waals surface area (Å²) >= 11 is 0. The highest BCUT2D eigenvalue weighted by molar-refractivity contribution is 5.98. The van der Waals surface area contributed by atoms with Gasteiger partial charge in [0.25, 0.3) is 0 Å². The highest BCUT2D eigenvalue weighted by Gasteiger charge is 2.22. The van der Waals surface area contributed by atoms with Gasteiger partial charge in [-0.2, -0.15) is 0 Å². The van der Waals surface area contributed by atoms with Crippen molar-refractivity contribution in [1.29, 1.82) is 0 Å². The Balaban J connectivity index is 1.93. The van der Waals surface area contributed by atoms with Crippen molar-refractivity contribution in [2.24, 2.45) is 0 Å². The van der Waals surface area contributed by atoms with Crippen LogP contribution in [0.3, 0.4) is 0 Å². The van der Waals surface area contributed by atoms with E-state index in [1.807, 2.05) is 54.6 Å². The van der Waals surface area contributed by atoms with Gasteiger partial charge in [0.05, 0.1) is 11.2 Å². The molecule has 0 radical (unpaired) electrons. The van der Waals surface area contributed by atoms with Gasteiger partial charge >= 0.3 is 6.16 Å². The molecular weight excluding hydrogens is 383 g/mol. The molecule has 0 bridgehead atoms. The Kier molecular flexibility index (Phi) is 5.06. The van der Waals surface area contributed by atoms with Gasteiger partial charge in [-0.05, 0) is 29.3 Å². The zero-order valence-corrected chi connectivity index (χ0v) is 16.5. The molecule has 0 saturated carbocycles. The smallest absolute Gasteiger partial charge is 0.449 e. The fourth-order valence-electron chi connectivity index (χ4n) is 3.45. The average Bonchev–Trinajstić information content (AvgIpc) is 2.74. The van der Waals surface area contributed by atoms with E-state index in [9.17, 15) is 14.3 Å². The molecule has 4 rings (SSSR count). The molecule has 1 aromatic heterocycles. The molecule has 0 aliphatic heterocycles. The van der Waals surface area contributed by atoms with E-state index >= 15 is 0 Å². The van der Waals surface area contributed by atoms with Crippen LogP contribution < -0.4 is 9.64 Å². The number of nitrogens with zero attached hydrogens (tertiary/aromatic N) is 2. The van der Waals surface area contributed by atoms with Crippen molar-refractivity contribution < 1.29 is 19.0 Å². The van der Waals surface area contributed by atoms with Crippen LogP contribution in [0.4, 0.5) is 14.9 Å². The number of halogens is 1. The first-order valence-corrected chi connectivity index (χ1v) is 9.31. The highest BCUT2D eigenvalue weighted by Crippen LogP contribution is 2.42. The maximum Gasteiger partial charge on any atom is 0.511 e. The lowest BCUT2D eigenvalue weighted by atomic mass is 10.0. The Labute approximate surface area is 173 Å². The standard InChI is InChI=1S/C24H19FN2O3/c1-27(2)22-21(17-10-8-16(9-11-17)15-6-4-3-5-7-15)26-20-13-12-18(25)14-19(20)23(22)30-24(28)29/h3-14H,1-2H3,(H,28,29). The lowest BCUT2D eigenvalue weighted by Gasteiger charge is -2.21. The summed E-state index contributed by atoms with van der Waals surface area (Å²) in [7, 11) is 3.53. The number of hydrogen-bond acceptors (Lipinski definition) is 4. The largest absolute Gasteiger partial charge is 0.511 e. The quantitative estimate of drug-likeness (QED) is 0.435. The molecule has 0 aliphatic rings. The highest BCUT2D eigenvalue weighted by atomic mass is 19.1. The van der Waals surface area contributed by atoms with Crippen LogP contribution in [0, 0.1) is 5.82 Å². The molecule has 0 atom stereocenters. The first-order valence-electron chi connectivity index (χ1n) is 9.31. The van der Waals surface area contributed by atoms with E-state index in [4.69, 9.17) is 9.72 Å². The van der Waals surface area contributed by atoms with Gasteiger partial charge in [0.15, 0.2) is 5.75 Å². The van der Waals surface area contributed by atoms with Crippen LogP contribution in [-0.2, 0) is 0 Å². The summed E-state index contributed by atoms with van der Waals surface area (Å²) in [6.45, 7) is 0. The average molecular weight is 402 g/mol. The number of pyridine rings is 1. The van der Waals surface area contributed by atoms with E-state index in [0.717, 1.165) is 16.7 Å². The maximum absolute atomic E-state index is 13.9. The van der Waals surface area contributed by atoms with Crippen molar-refractivity contribution in [3.63, 3.8) is 0 Å².